The third-order valence-corrected chi connectivity index (χ3v) is 4.68. The summed E-state index contributed by atoms with van der Waals surface area (Å²) < 4.78 is 5.47. The summed E-state index contributed by atoms with van der Waals surface area (Å²) in [6.07, 6.45) is 5.16. The summed E-state index contributed by atoms with van der Waals surface area (Å²) in [6.45, 7) is 3.13. The van der Waals surface area contributed by atoms with Crippen LogP contribution < -0.4 is 5.32 Å². The Balaban J connectivity index is 0.00000192. The fourth-order valence-electron chi connectivity index (χ4n) is 3.51. The van der Waals surface area contributed by atoms with Gasteiger partial charge in [-0.05, 0) is 18.4 Å². The monoisotopic (exact) mass is 338 g/mol. The van der Waals surface area contributed by atoms with Gasteiger partial charge in [0.15, 0.2) is 0 Å². The van der Waals surface area contributed by atoms with Gasteiger partial charge in [0.2, 0.25) is 5.91 Å². The summed E-state index contributed by atoms with van der Waals surface area (Å²) in [7, 11) is 0. The van der Waals surface area contributed by atoms with E-state index in [0.717, 1.165) is 32.5 Å². The Morgan fingerprint density at radius 2 is 2.04 bits per heavy atom. The van der Waals surface area contributed by atoms with E-state index >= 15 is 0 Å². The van der Waals surface area contributed by atoms with Gasteiger partial charge in [0, 0.05) is 25.6 Å². The quantitative estimate of drug-likeness (QED) is 0.921. The van der Waals surface area contributed by atoms with Crippen molar-refractivity contribution in [2.45, 2.75) is 44.2 Å². The van der Waals surface area contributed by atoms with Crippen LogP contribution in [-0.2, 0) is 9.53 Å². The summed E-state index contributed by atoms with van der Waals surface area (Å²) in [4.78, 5) is 14.9. The molecule has 0 spiro atoms. The number of morpholine rings is 1. The molecule has 2 saturated heterocycles. The number of benzene rings is 1. The Hall–Kier alpha value is -1.10. The van der Waals surface area contributed by atoms with E-state index in [0.29, 0.717) is 13.0 Å². The number of carbonyl (C=O) groups is 1. The second-order valence-electron chi connectivity index (χ2n) is 6.29. The SMILES string of the molecule is Cl.O=C(CC1COCCN1)N1CCCCCC1c1ccccc1. The maximum absolute atomic E-state index is 12.8. The molecule has 3 rings (SSSR count). The van der Waals surface area contributed by atoms with E-state index in [1.54, 1.807) is 0 Å². The molecule has 2 fully saturated rings. The number of hydrogen-bond acceptors (Lipinski definition) is 3. The van der Waals surface area contributed by atoms with Crippen molar-refractivity contribution in [2.75, 3.05) is 26.3 Å². The van der Waals surface area contributed by atoms with Gasteiger partial charge in [-0.3, -0.25) is 4.79 Å². The molecule has 1 amide bonds. The molecule has 0 radical (unpaired) electrons. The number of amides is 1. The van der Waals surface area contributed by atoms with Crippen molar-refractivity contribution in [3.63, 3.8) is 0 Å². The molecule has 128 valence electrons. The number of likely N-dealkylation sites (tertiary alicyclic amines) is 1. The second-order valence-corrected chi connectivity index (χ2v) is 6.29. The Bertz CT molecular complexity index is 477. The molecular weight excluding hydrogens is 312 g/mol. The van der Waals surface area contributed by atoms with Crippen LogP contribution in [0.3, 0.4) is 0 Å². The molecule has 0 aromatic heterocycles. The highest BCUT2D eigenvalue weighted by Gasteiger charge is 2.28. The van der Waals surface area contributed by atoms with Crippen molar-refractivity contribution < 1.29 is 9.53 Å². The third-order valence-electron chi connectivity index (χ3n) is 4.68. The maximum Gasteiger partial charge on any atom is 0.224 e. The van der Waals surface area contributed by atoms with E-state index in [1.165, 1.54) is 18.4 Å². The number of ether oxygens (including phenoxy) is 1. The summed E-state index contributed by atoms with van der Waals surface area (Å²) in [5, 5.41) is 3.39. The number of halogens is 1. The van der Waals surface area contributed by atoms with Crippen LogP contribution in [0.2, 0.25) is 0 Å². The van der Waals surface area contributed by atoms with Gasteiger partial charge in [-0.2, -0.15) is 0 Å². The fourth-order valence-corrected chi connectivity index (χ4v) is 3.51. The Morgan fingerprint density at radius 3 is 2.78 bits per heavy atom. The molecule has 0 bridgehead atoms. The lowest BCUT2D eigenvalue weighted by atomic mass is 10.00. The first-order chi connectivity index (χ1) is 10.8. The zero-order chi connectivity index (χ0) is 15.2. The van der Waals surface area contributed by atoms with Crippen molar-refractivity contribution in [1.82, 2.24) is 10.2 Å². The number of nitrogens with one attached hydrogen (secondary N) is 1. The molecule has 0 saturated carbocycles. The van der Waals surface area contributed by atoms with Gasteiger partial charge in [-0.15, -0.1) is 12.4 Å². The minimum Gasteiger partial charge on any atom is -0.378 e. The van der Waals surface area contributed by atoms with Crippen LogP contribution in [0.4, 0.5) is 0 Å². The molecule has 1 aromatic rings. The minimum absolute atomic E-state index is 0. The number of carbonyl (C=O) groups excluding carboxylic acids is 1. The van der Waals surface area contributed by atoms with Crippen molar-refractivity contribution >= 4 is 18.3 Å². The van der Waals surface area contributed by atoms with Crippen LogP contribution in [0.1, 0.15) is 43.7 Å². The molecule has 2 heterocycles. The Kier molecular flexibility index (Phi) is 7.34. The highest BCUT2D eigenvalue weighted by atomic mass is 35.5. The van der Waals surface area contributed by atoms with E-state index in [4.69, 9.17) is 4.74 Å². The van der Waals surface area contributed by atoms with Crippen LogP contribution in [0, 0.1) is 0 Å². The van der Waals surface area contributed by atoms with Crippen LogP contribution in [0.15, 0.2) is 30.3 Å². The lowest BCUT2D eigenvalue weighted by Crippen LogP contribution is -2.45. The summed E-state index contributed by atoms with van der Waals surface area (Å²) >= 11 is 0. The highest BCUT2D eigenvalue weighted by molar-refractivity contribution is 5.85. The second kappa shape index (κ2) is 9.26. The predicted molar refractivity (Wildman–Crippen MR) is 93.8 cm³/mol. The molecule has 2 unspecified atom stereocenters. The smallest absolute Gasteiger partial charge is 0.224 e. The van der Waals surface area contributed by atoms with Crippen LogP contribution in [0.25, 0.3) is 0 Å². The van der Waals surface area contributed by atoms with Gasteiger partial charge in [0.25, 0.3) is 0 Å². The first kappa shape index (κ1) is 18.2. The predicted octanol–water partition coefficient (Wildman–Crippen LogP) is 2.93. The highest BCUT2D eigenvalue weighted by Crippen LogP contribution is 2.30. The lowest BCUT2D eigenvalue weighted by Gasteiger charge is -2.33. The normalized spacial score (nSPS) is 25.3. The summed E-state index contributed by atoms with van der Waals surface area (Å²) in [5.41, 5.74) is 1.27. The molecule has 1 N–H and O–H groups in total. The first-order valence-corrected chi connectivity index (χ1v) is 8.50. The van der Waals surface area contributed by atoms with Crippen molar-refractivity contribution in [3.05, 3.63) is 35.9 Å². The molecule has 5 heteroatoms. The van der Waals surface area contributed by atoms with Crippen LogP contribution in [-0.4, -0.2) is 43.2 Å². The van der Waals surface area contributed by atoms with Crippen molar-refractivity contribution in [1.29, 1.82) is 0 Å². The standard InChI is InChI=1S/C18H26N2O2.ClH/c21-18(13-16-14-22-12-10-19-16)20-11-6-2-5-9-17(20)15-7-3-1-4-8-15;/h1,3-4,7-8,16-17,19H,2,5-6,9-14H2;1H. The maximum atomic E-state index is 12.8. The van der Waals surface area contributed by atoms with Crippen molar-refractivity contribution in [2.24, 2.45) is 0 Å². The molecule has 2 atom stereocenters. The van der Waals surface area contributed by atoms with E-state index < -0.39 is 0 Å². The first-order valence-electron chi connectivity index (χ1n) is 8.50. The fraction of sp³-hybridized carbons (Fsp3) is 0.611. The Morgan fingerprint density at radius 1 is 1.22 bits per heavy atom. The molecule has 23 heavy (non-hydrogen) atoms. The van der Waals surface area contributed by atoms with Crippen molar-refractivity contribution in [3.8, 4) is 0 Å². The molecule has 2 aliphatic rings. The topological polar surface area (TPSA) is 41.6 Å². The van der Waals surface area contributed by atoms with Gasteiger partial charge < -0.3 is 15.0 Å². The number of hydrogen-bond donors (Lipinski definition) is 1. The average Bonchev–Trinajstić information content (AvgIpc) is 2.82. The van der Waals surface area contributed by atoms with Crippen LogP contribution >= 0.6 is 12.4 Å². The molecule has 4 nitrogen and oxygen atoms in total. The number of rotatable bonds is 3. The van der Waals surface area contributed by atoms with Gasteiger partial charge in [-0.25, -0.2) is 0 Å². The zero-order valence-corrected chi connectivity index (χ0v) is 14.4. The van der Waals surface area contributed by atoms with Gasteiger partial charge in [0.1, 0.15) is 0 Å². The van der Waals surface area contributed by atoms with Gasteiger partial charge >= 0.3 is 0 Å². The van der Waals surface area contributed by atoms with Gasteiger partial charge in [0.05, 0.1) is 19.3 Å². The van der Waals surface area contributed by atoms with E-state index in [9.17, 15) is 4.79 Å². The zero-order valence-electron chi connectivity index (χ0n) is 13.6. The van der Waals surface area contributed by atoms with E-state index in [1.807, 2.05) is 6.07 Å². The van der Waals surface area contributed by atoms with Crippen LogP contribution in [0.5, 0.6) is 0 Å². The Labute approximate surface area is 145 Å². The lowest BCUT2D eigenvalue weighted by molar-refractivity contribution is -0.135. The average molecular weight is 339 g/mol. The molecule has 0 aliphatic carbocycles. The number of nitrogens with zero attached hydrogens (tertiary/aromatic N) is 1. The third kappa shape index (κ3) is 4.93. The largest absolute Gasteiger partial charge is 0.378 e. The molecular formula is C18H27ClN2O2. The minimum atomic E-state index is 0. The van der Waals surface area contributed by atoms with Gasteiger partial charge in [-0.1, -0.05) is 43.2 Å². The molecule has 1 aromatic carbocycles. The van der Waals surface area contributed by atoms with E-state index in [2.05, 4.69) is 34.5 Å². The van der Waals surface area contributed by atoms with E-state index in [-0.39, 0.29) is 30.4 Å². The summed E-state index contributed by atoms with van der Waals surface area (Å²) in [5.74, 6) is 0.263. The summed E-state index contributed by atoms with van der Waals surface area (Å²) in [6, 6.07) is 10.9. The molecule has 2 aliphatic heterocycles.